The lowest BCUT2D eigenvalue weighted by molar-refractivity contribution is -0.139. The molecule has 33 heavy (non-hydrogen) atoms. The lowest BCUT2D eigenvalue weighted by atomic mass is 9.98. The highest BCUT2D eigenvalue weighted by Crippen LogP contribution is 2.32. The molecule has 2 amide bonds. The molecule has 2 aromatic carbocycles. The summed E-state index contributed by atoms with van der Waals surface area (Å²) in [7, 11) is 3.73. The van der Waals surface area contributed by atoms with Crippen LogP contribution in [0.5, 0.6) is 5.75 Å². The highest BCUT2D eigenvalue weighted by Gasteiger charge is 2.26. The molecule has 7 heteroatoms. The van der Waals surface area contributed by atoms with E-state index in [0.717, 1.165) is 37.4 Å². The quantitative estimate of drug-likeness (QED) is 0.635. The summed E-state index contributed by atoms with van der Waals surface area (Å²) in [6, 6.07) is 14.1. The highest BCUT2D eigenvalue weighted by molar-refractivity contribution is 6.35. The van der Waals surface area contributed by atoms with Gasteiger partial charge in [-0.3, -0.25) is 14.5 Å². The van der Waals surface area contributed by atoms with Gasteiger partial charge in [0.15, 0.2) is 0 Å². The number of ether oxygens (including phenoxy) is 1. The first-order chi connectivity index (χ1) is 16.0. The molecule has 1 unspecified atom stereocenters. The summed E-state index contributed by atoms with van der Waals surface area (Å²) >= 11 is 0. The van der Waals surface area contributed by atoms with Crippen molar-refractivity contribution in [3.8, 4) is 5.75 Å². The Hall–Kier alpha value is -3.06. The molecular formula is C26H34N4O3. The van der Waals surface area contributed by atoms with E-state index < -0.39 is 11.8 Å². The maximum Gasteiger partial charge on any atom is 0.309 e. The van der Waals surface area contributed by atoms with Crippen LogP contribution in [0.3, 0.4) is 0 Å². The molecule has 0 saturated carbocycles. The number of amides is 2. The molecule has 2 heterocycles. The van der Waals surface area contributed by atoms with E-state index in [9.17, 15) is 9.59 Å². The normalized spacial score (nSPS) is 16.7. The Labute approximate surface area is 196 Å². The number of methoxy groups -OCH3 is 1. The maximum atomic E-state index is 12.5. The zero-order chi connectivity index (χ0) is 23.2. The van der Waals surface area contributed by atoms with Crippen LogP contribution in [0.15, 0.2) is 42.5 Å². The number of piperidine rings is 1. The fraction of sp³-hybridized carbons (Fsp3) is 0.462. The molecule has 7 nitrogen and oxygen atoms in total. The van der Waals surface area contributed by atoms with Crippen LogP contribution in [-0.4, -0.2) is 57.1 Å². The number of carbonyl (C=O) groups is 2. The molecule has 0 spiro atoms. The predicted molar refractivity (Wildman–Crippen MR) is 129 cm³/mol. The molecule has 0 aromatic heterocycles. The van der Waals surface area contributed by atoms with E-state index >= 15 is 0 Å². The first kappa shape index (κ1) is 23.1. The van der Waals surface area contributed by atoms with E-state index in [-0.39, 0.29) is 6.04 Å². The summed E-state index contributed by atoms with van der Waals surface area (Å²) in [6.45, 7) is 3.79. The third-order valence-electron chi connectivity index (χ3n) is 6.72. The zero-order valence-corrected chi connectivity index (χ0v) is 19.6. The van der Waals surface area contributed by atoms with Crippen molar-refractivity contribution in [2.45, 2.75) is 38.3 Å². The molecule has 4 rings (SSSR count). The number of nitrogens with zero attached hydrogens (tertiary/aromatic N) is 2. The Bertz CT molecular complexity index is 970. The van der Waals surface area contributed by atoms with Crippen molar-refractivity contribution in [2.75, 3.05) is 45.2 Å². The van der Waals surface area contributed by atoms with Crippen molar-refractivity contribution >= 4 is 17.5 Å². The molecule has 1 atom stereocenters. The van der Waals surface area contributed by atoms with Gasteiger partial charge >= 0.3 is 11.8 Å². The molecule has 0 radical (unpaired) electrons. The van der Waals surface area contributed by atoms with Crippen molar-refractivity contribution in [3.05, 3.63) is 59.2 Å². The second kappa shape index (κ2) is 10.7. The van der Waals surface area contributed by atoms with Crippen LogP contribution in [0.4, 0.5) is 5.69 Å². The summed E-state index contributed by atoms with van der Waals surface area (Å²) in [5.41, 5.74) is 4.77. The fourth-order valence-electron chi connectivity index (χ4n) is 4.76. The summed E-state index contributed by atoms with van der Waals surface area (Å²) in [4.78, 5) is 29.7. The predicted octanol–water partition coefficient (Wildman–Crippen LogP) is 2.65. The third kappa shape index (κ3) is 5.66. The smallest absolute Gasteiger partial charge is 0.309 e. The number of rotatable bonds is 7. The van der Waals surface area contributed by atoms with Gasteiger partial charge in [0, 0.05) is 32.4 Å². The van der Waals surface area contributed by atoms with E-state index in [1.165, 1.54) is 36.1 Å². The van der Waals surface area contributed by atoms with Gasteiger partial charge in [0.05, 0.1) is 13.2 Å². The van der Waals surface area contributed by atoms with Gasteiger partial charge in [-0.25, -0.2) is 0 Å². The summed E-state index contributed by atoms with van der Waals surface area (Å²) in [5, 5.41) is 5.59. The SMILES string of the molecule is COc1ccc(CNC(=O)C(=O)NCC(c2ccc3c(c2)CCN3C)N2CCCCC2)cc1. The van der Waals surface area contributed by atoms with Crippen molar-refractivity contribution in [2.24, 2.45) is 0 Å². The summed E-state index contributed by atoms with van der Waals surface area (Å²) < 4.78 is 5.15. The van der Waals surface area contributed by atoms with Crippen LogP contribution in [0, 0.1) is 0 Å². The van der Waals surface area contributed by atoms with E-state index in [1.807, 2.05) is 24.3 Å². The molecule has 1 saturated heterocycles. The van der Waals surface area contributed by atoms with E-state index in [0.29, 0.717) is 13.1 Å². The molecule has 0 bridgehead atoms. The van der Waals surface area contributed by atoms with E-state index in [1.54, 1.807) is 7.11 Å². The van der Waals surface area contributed by atoms with Gasteiger partial charge in [-0.2, -0.15) is 0 Å². The first-order valence-electron chi connectivity index (χ1n) is 11.8. The largest absolute Gasteiger partial charge is 0.497 e. The second-order valence-corrected chi connectivity index (χ2v) is 8.91. The number of carbonyl (C=O) groups excluding carboxylic acids is 2. The number of benzene rings is 2. The molecule has 2 aliphatic heterocycles. The van der Waals surface area contributed by atoms with Crippen LogP contribution >= 0.6 is 0 Å². The average Bonchev–Trinajstić information content (AvgIpc) is 3.23. The molecule has 2 aromatic rings. The number of likely N-dealkylation sites (tertiary alicyclic amines) is 1. The van der Waals surface area contributed by atoms with Gasteiger partial charge in [-0.05, 0) is 67.2 Å². The summed E-state index contributed by atoms with van der Waals surface area (Å²) in [5.74, 6) is -0.449. The molecule has 2 aliphatic rings. The Morgan fingerprint density at radius 2 is 1.70 bits per heavy atom. The topological polar surface area (TPSA) is 73.9 Å². The molecule has 0 aliphatic carbocycles. The minimum atomic E-state index is -0.612. The van der Waals surface area contributed by atoms with Crippen molar-refractivity contribution in [1.29, 1.82) is 0 Å². The van der Waals surface area contributed by atoms with Crippen LogP contribution in [-0.2, 0) is 22.6 Å². The van der Waals surface area contributed by atoms with Crippen LogP contribution < -0.4 is 20.3 Å². The number of nitrogens with one attached hydrogen (secondary N) is 2. The van der Waals surface area contributed by atoms with E-state index in [2.05, 4.69) is 45.7 Å². The number of hydrogen-bond acceptors (Lipinski definition) is 5. The van der Waals surface area contributed by atoms with Gasteiger partial charge in [0.1, 0.15) is 5.75 Å². The Morgan fingerprint density at radius 1 is 0.970 bits per heavy atom. The minimum Gasteiger partial charge on any atom is -0.497 e. The standard InChI is InChI=1S/C26H34N4O3/c1-29-15-12-21-16-20(8-11-23(21)29)24(30-13-4-3-5-14-30)18-28-26(32)25(31)27-17-19-6-9-22(33-2)10-7-19/h6-11,16,24H,3-5,12-15,17-18H2,1-2H3,(H,27,31)(H,28,32). The number of hydrogen-bond donors (Lipinski definition) is 2. The van der Waals surface area contributed by atoms with Crippen LogP contribution in [0.2, 0.25) is 0 Å². The Balaban J connectivity index is 1.37. The van der Waals surface area contributed by atoms with Crippen LogP contribution in [0.1, 0.15) is 42.0 Å². The van der Waals surface area contributed by atoms with Crippen molar-refractivity contribution in [1.82, 2.24) is 15.5 Å². The van der Waals surface area contributed by atoms with E-state index in [4.69, 9.17) is 4.74 Å². The highest BCUT2D eigenvalue weighted by atomic mass is 16.5. The van der Waals surface area contributed by atoms with Gasteiger partial charge in [-0.15, -0.1) is 0 Å². The lowest BCUT2D eigenvalue weighted by Gasteiger charge is -2.35. The number of anilines is 1. The third-order valence-corrected chi connectivity index (χ3v) is 6.72. The lowest BCUT2D eigenvalue weighted by Crippen LogP contribution is -2.45. The Morgan fingerprint density at radius 3 is 2.42 bits per heavy atom. The van der Waals surface area contributed by atoms with Crippen LogP contribution in [0.25, 0.3) is 0 Å². The molecule has 176 valence electrons. The van der Waals surface area contributed by atoms with Crippen molar-refractivity contribution in [3.63, 3.8) is 0 Å². The first-order valence-corrected chi connectivity index (χ1v) is 11.8. The van der Waals surface area contributed by atoms with Gasteiger partial charge in [-0.1, -0.05) is 30.7 Å². The maximum absolute atomic E-state index is 12.5. The fourth-order valence-corrected chi connectivity index (χ4v) is 4.76. The average molecular weight is 451 g/mol. The summed E-state index contributed by atoms with van der Waals surface area (Å²) in [6.07, 6.45) is 4.63. The number of likely N-dealkylation sites (N-methyl/N-ethyl adjacent to an activating group) is 1. The monoisotopic (exact) mass is 450 g/mol. The zero-order valence-electron chi connectivity index (χ0n) is 19.6. The minimum absolute atomic E-state index is 0.0693. The van der Waals surface area contributed by atoms with Gasteiger partial charge < -0.3 is 20.3 Å². The van der Waals surface area contributed by atoms with Crippen molar-refractivity contribution < 1.29 is 14.3 Å². The van der Waals surface area contributed by atoms with Gasteiger partial charge in [0.25, 0.3) is 0 Å². The molecule has 1 fully saturated rings. The molecular weight excluding hydrogens is 416 g/mol. The number of fused-ring (bicyclic) bond motifs is 1. The Kier molecular flexibility index (Phi) is 7.50. The second-order valence-electron chi connectivity index (χ2n) is 8.91. The molecule has 2 N–H and O–H groups in total. The van der Waals surface area contributed by atoms with Gasteiger partial charge in [0.2, 0.25) is 0 Å².